The Morgan fingerprint density at radius 3 is 2.80 bits per heavy atom. The highest BCUT2D eigenvalue weighted by Crippen LogP contribution is 2.20. The molecule has 1 rings (SSSR count). The molecule has 0 aliphatic heterocycles. The summed E-state index contributed by atoms with van der Waals surface area (Å²) in [7, 11) is 0. The molecule has 0 amide bonds. The van der Waals surface area contributed by atoms with Gasteiger partial charge in [0.25, 0.3) is 0 Å². The number of nitrogens with zero attached hydrogens (tertiary/aromatic N) is 1. The Morgan fingerprint density at radius 2 is 2.20 bits per heavy atom. The van der Waals surface area contributed by atoms with Crippen LogP contribution < -0.4 is 0 Å². The molecule has 0 atom stereocenters. The Labute approximate surface area is 92.6 Å². The van der Waals surface area contributed by atoms with E-state index in [2.05, 4.69) is 37.6 Å². The largest absolute Gasteiger partial charge is 0.261 e. The predicted octanol–water partition coefficient (Wildman–Crippen LogP) is 4.15. The van der Waals surface area contributed by atoms with E-state index in [4.69, 9.17) is 0 Å². The first-order valence-electron chi connectivity index (χ1n) is 5.34. The van der Waals surface area contributed by atoms with E-state index in [1.165, 1.54) is 16.7 Å². The summed E-state index contributed by atoms with van der Waals surface area (Å²) in [6.07, 6.45) is 6.15. The molecule has 0 saturated carbocycles. The average molecular weight is 201 g/mol. The van der Waals surface area contributed by atoms with Gasteiger partial charge in [-0.15, -0.1) is 0 Å². The van der Waals surface area contributed by atoms with Crippen molar-refractivity contribution in [1.82, 2.24) is 4.98 Å². The van der Waals surface area contributed by atoms with Crippen LogP contribution in [0, 0.1) is 6.92 Å². The maximum atomic E-state index is 4.27. The Bertz CT molecular complexity index is 371. The van der Waals surface area contributed by atoms with Gasteiger partial charge in [0, 0.05) is 11.9 Å². The third-order valence-electron chi connectivity index (χ3n) is 2.39. The molecule has 1 aromatic rings. The minimum Gasteiger partial charge on any atom is -0.261 e. The number of allylic oxidation sites excluding steroid dienone is 3. The van der Waals surface area contributed by atoms with E-state index in [9.17, 15) is 0 Å². The minimum atomic E-state index is 1.01. The van der Waals surface area contributed by atoms with Crippen LogP contribution >= 0.6 is 0 Å². The zero-order valence-electron chi connectivity index (χ0n) is 9.88. The van der Waals surface area contributed by atoms with E-state index in [1.807, 2.05) is 19.2 Å². The molecule has 0 radical (unpaired) electrons. The van der Waals surface area contributed by atoms with Crippen molar-refractivity contribution < 1.29 is 0 Å². The monoisotopic (exact) mass is 201 g/mol. The Morgan fingerprint density at radius 1 is 1.47 bits per heavy atom. The van der Waals surface area contributed by atoms with E-state index in [0.717, 1.165) is 18.5 Å². The van der Waals surface area contributed by atoms with Gasteiger partial charge in [-0.25, -0.2) is 0 Å². The summed E-state index contributed by atoms with van der Waals surface area (Å²) in [4.78, 5) is 4.27. The molecule has 15 heavy (non-hydrogen) atoms. The lowest BCUT2D eigenvalue weighted by Gasteiger charge is -2.06. The van der Waals surface area contributed by atoms with E-state index < -0.39 is 0 Å². The number of pyridine rings is 1. The molecule has 0 saturated heterocycles. The van der Waals surface area contributed by atoms with Crippen LogP contribution in [0.25, 0.3) is 5.57 Å². The standard InChI is InChI=1S/C14H19N/c1-11(2)7-5-8-12(3)14-9-6-10-15-13(14)4/h6-7,9-10H,3,5,8H2,1-2,4H3. The first-order chi connectivity index (χ1) is 7.11. The first kappa shape index (κ1) is 11.7. The summed E-state index contributed by atoms with van der Waals surface area (Å²) >= 11 is 0. The highest BCUT2D eigenvalue weighted by atomic mass is 14.7. The normalized spacial score (nSPS) is 9.80. The van der Waals surface area contributed by atoms with Gasteiger partial charge in [0.15, 0.2) is 0 Å². The maximum absolute atomic E-state index is 4.27. The quantitative estimate of drug-likeness (QED) is 0.667. The number of aromatic nitrogens is 1. The van der Waals surface area contributed by atoms with Crippen LogP contribution in [0.5, 0.6) is 0 Å². The van der Waals surface area contributed by atoms with Crippen molar-refractivity contribution in [3.05, 3.63) is 47.8 Å². The second kappa shape index (κ2) is 5.50. The summed E-state index contributed by atoms with van der Waals surface area (Å²) in [5.41, 5.74) is 4.81. The number of rotatable bonds is 4. The van der Waals surface area contributed by atoms with Gasteiger partial charge < -0.3 is 0 Å². The van der Waals surface area contributed by atoms with Crippen molar-refractivity contribution in [3.63, 3.8) is 0 Å². The van der Waals surface area contributed by atoms with Gasteiger partial charge >= 0.3 is 0 Å². The highest BCUT2D eigenvalue weighted by molar-refractivity contribution is 5.64. The van der Waals surface area contributed by atoms with Gasteiger partial charge in [0.1, 0.15) is 0 Å². The molecule has 0 N–H and O–H groups in total. The van der Waals surface area contributed by atoms with Gasteiger partial charge in [0.05, 0.1) is 0 Å². The van der Waals surface area contributed by atoms with Crippen LogP contribution in [0.1, 0.15) is 37.9 Å². The number of hydrogen-bond acceptors (Lipinski definition) is 1. The smallest absolute Gasteiger partial charge is 0.0447 e. The summed E-state index contributed by atoms with van der Waals surface area (Å²) in [5.74, 6) is 0. The highest BCUT2D eigenvalue weighted by Gasteiger charge is 2.01. The predicted molar refractivity (Wildman–Crippen MR) is 66.7 cm³/mol. The van der Waals surface area contributed by atoms with Gasteiger partial charge in [0.2, 0.25) is 0 Å². The Hall–Kier alpha value is -1.37. The van der Waals surface area contributed by atoms with Crippen molar-refractivity contribution in [2.45, 2.75) is 33.6 Å². The topological polar surface area (TPSA) is 12.9 Å². The second-order valence-electron chi connectivity index (χ2n) is 4.06. The van der Waals surface area contributed by atoms with Crippen LogP contribution in [0.2, 0.25) is 0 Å². The molecule has 0 aliphatic carbocycles. The molecule has 1 aromatic heterocycles. The van der Waals surface area contributed by atoms with Crippen LogP contribution in [-0.2, 0) is 0 Å². The Kier molecular flexibility index (Phi) is 4.29. The van der Waals surface area contributed by atoms with E-state index in [-0.39, 0.29) is 0 Å². The number of aryl methyl sites for hydroxylation is 1. The SMILES string of the molecule is C=C(CCC=C(C)C)c1cccnc1C. The summed E-state index contributed by atoms with van der Waals surface area (Å²) in [5, 5.41) is 0. The first-order valence-corrected chi connectivity index (χ1v) is 5.34. The fourth-order valence-electron chi connectivity index (χ4n) is 1.53. The van der Waals surface area contributed by atoms with E-state index in [1.54, 1.807) is 0 Å². The van der Waals surface area contributed by atoms with E-state index in [0.29, 0.717) is 0 Å². The lowest BCUT2D eigenvalue weighted by atomic mass is 10.0. The summed E-state index contributed by atoms with van der Waals surface area (Å²) in [6.45, 7) is 10.4. The van der Waals surface area contributed by atoms with Crippen molar-refractivity contribution in [2.24, 2.45) is 0 Å². The third kappa shape index (κ3) is 3.70. The fraction of sp³-hybridized carbons (Fsp3) is 0.357. The third-order valence-corrected chi connectivity index (χ3v) is 2.39. The van der Waals surface area contributed by atoms with Crippen molar-refractivity contribution in [3.8, 4) is 0 Å². The van der Waals surface area contributed by atoms with Crippen molar-refractivity contribution in [1.29, 1.82) is 0 Å². The molecular weight excluding hydrogens is 182 g/mol. The van der Waals surface area contributed by atoms with Crippen molar-refractivity contribution >= 4 is 5.57 Å². The fourth-order valence-corrected chi connectivity index (χ4v) is 1.53. The summed E-state index contributed by atoms with van der Waals surface area (Å²) in [6, 6.07) is 4.06. The molecule has 0 unspecified atom stereocenters. The molecular formula is C14H19N. The van der Waals surface area contributed by atoms with Crippen LogP contribution in [-0.4, -0.2) is 4.98 Å². The molecule has 0 fully saturated rings. The zero-order valence-corrected chi connectivity index (χ0v) is 9.88. The van der Waals surface area contributed by atoms with Gasteiger partial charge in [-0.2, -0.15) is 0 Å². The molecule has 1 heterocycles. The van der Waals surface area contributed by atoms with Crippen LogP contribution in [0.4, 0.5) is 0 Å². The van der Waals surface area contributed by atoms with Crippen LogP contribution in [0.3, 0.4) is 0 Å². The Balaban J connectivity index is 2.62. The van der Waals surface area contributed by atoms with E-state index >= 15 is 0 Å². The molecule has 80 valence electrons. The molecule has 0 aromatic carbocycles. The lowest BCUT2D eigenvalue weighted by Crippen LogP contribution is -1.90. The average Bonchev–Trinajstić information content (AvgIpc) is 2.17. The molecule has 0 spiro atoms. The zero-order chi connectivity index (χ0) is 11.3. The lowest BCUT2D eigenvalue weighted by molar-refractivity contribution is 1.04. The molecule has 1 nitrogen and oxygen atoms in total. The van der Waals surface area contributed by atoms with Gasteiger partial charge in [-0.1, -0.05) is 24.3 Å². The summed E-state index contributed by atoms with van der Waals surface area (Å²) < 4.78 is 0. The van der Waals surface area contributed by atoms with Crippen molar-refractivity contribution in [2.75, 3.05) is 0 Å². The minimum absolute atomic E-state index is 1.01. The molecule has 1 heteroatoms. The van der Waals surface area contributed by atoms with Gasteiger partial charge in [-0.3, -0.25) is 4.98 Å². The van der Waals surface area contributed by atoms with Crippen LogP contribution in [0.15, 0.2) is 36.6 Å². The molecule has 0 bridgehead atoms. The number of hydrogen-bond donors (Lipinski definition) is 0. The van der Waals surface area contributed by atoms with Gasteiger partial charge in [-0.05, 0) is 50.8 Å². The molecule has 0 aliphatic rings. The maximum Gasteiger partial charge on any atom is 0.0447 e. The second-order valence-corrected chi connectivity index (χ2v) is 4.06.